The molecule has 1 aromatic rings. The van der Waals surface area contributed by atoms with Crippen LogP contribution in [-0.2, 0) is 11.3 Å². The second-order valence-electron chi connectivity index (χ2n) is 5.00. The van der Waals surface area contributed by atoms with Crippen molar-refractivity contribution in [2.24, 2.45) is 5.92 Å². The van der Waals surface area contributed by atoms with Crippen LogP contribution in [-0.4, -0.2) is 41.8 Å². The van der Waals surface area contributed by atoms with Gasteiger partial charge in [-0.15, -0.1) is 0 Å². The number of esters is 1. The zero-order chi connectivity index (χ0) is 13.8. The van der Waals surface area contributed by atoms with E-state index in [9.17, 15) is 9.90 Å². The molecule has 5 nitrogen and oxygen atoms in total. The van der Waals surface area contributed by atoms with Gasteiger partial charge in [-0.05, 0) is 38.8 Å². The first-order valence-electron chi connectivity index (χ1n) is 6.75. The molecular formula is C14H21NO4. The maximum absolute atomic E-state index is 11.7. The van der Waals surface area contributed by atoms with E-state index >= 15 is 0 Å². The Labute approximate surface area is 113 Å². The molecule has 1 aliphatic heterocycles. The topological polar surface area (TPSA) is 62.9 Å². The van der Waals surface area contributed by atoms with Gasteiger partial charge in [0.25, 0.3) is 0 Å². The van der Waals surface area contributed by atoms with Gasteiger partial charge in [0.15, 0.2) is 0 Å². The minimum absolute atomic E-state index is 0.286. The molecule has 0 aliphatic carbocycles. The van der Waals surface area contributed by atoms with Gasteiger partial charge >= 0.3 is 5.97 Å². The van der Waals surface area contributed by atoms with Crippen LogP contribution in [0.25, 0.3) is 0 Å². The molecule has 19 heavy (non-hydrogen) atoms. The molecule has 0 radical (unpaired) electrons. The molecule has 106 valence electrons. The summed E-state index contributed by atoms with van der Waals surface area (Å²) < 4.78 is 10.4. The zero-order valence-corrected chi connectivity index (χ0v) is 11.5. The van der Waals surface area contributed by atoms with Crippen molar-refractivity contribution < 1.29 is 19.1 Å². The van der Waals surface area contributed by atoms with Crippen LogP contribution < -0.4 is 0 Å². The fourth-order valence-electron chi connectivity index (χ4n) is 2.46. The Balaban J connectivity index is 1.97. The van der Waals surface area contributed by atoms with Crippen LogP contribution in [0.4, 0.5) is 0 Å². The number of nitrogens with zero attached hydrogens (tertiary/aromatic N) is 1. The number of furan rings is 1. The van der Waals surface area contributed by atoms with E-state index in [0.29, 0.717) is 30.4 Å². The molecule has 1 N–H and O–H groups in total. The Hall–Kier alpha value is -1.33. The Kier molecular flexibility index (Phi) is 4.61. The van der Waals surface area contributed by atoms with Gasteiger partial charge in [-0.2, -0.15) is 0 Å². The highest BCUT2D eigenvalue weighted by Crippen LogP contribution is 2.23. The van der Waals surface area contributed by atoms with Crippen molar-refractivity contribution in [2.75, 3.05) is 19.7 Å². The molecule has 0 spiro atoms. The molecule has 2 rings (SSSR count). The first kappa shape index (κ1) is 14.1. The highest BCUT2D eigenvalue weighted by Gasteiger charge is 2.27. The standard InChI is InChI=1S/C14H21NO4/c1-3-18-14(17)12-5-7-19-13(12)9-15-6-4-11(8-15)10(2)16/h5,7,10-11,16H,3-4,6,8-9H2,1-2H3. The maximum Gasteiger partial charge on any atom is 0.341 e. The summed E-state index contributed by atoms with van der Waals surface area (Å²) in [6.45, 7) is 6.30. The molecule has 2 heterocycles. The Morgan fingerprint density at radius 2 is 2.47 bits per heavy atom. The summed E-state index contributed by atoms with van der Waals surface area (Å²) >= 11 is 0. The molecule has 1 saturated heterocycles. The second-order valence-corrected chi connectivity index (χ2v) is 5.00. The molecule has 0 amide bonds. The van der Waals surface area contributed by atoms with E-state index in [-0.39, 0.29) is 12.1 Å². The zero-order valence-electron chi connectivity index (χ0n) is 11.5. The van der Waals surface area contributed by atoms with Crippen LogP contribution in [0.1, 0.15) is 36.4 Å². The average molecular weight is 267 g/mol. The molecule has 1 aliphatic rings. The SMILES string of the molecule is CCOC(=O)c1ccoc1CN1CCC(C(C)O)C1. The van der Waals surface area contributed by atoms with Gasteiger partial charge in [0.1, 0.15) is 11.3 Å². The van der Waals surface area contributed by atoms with Crippen molar-refractivity contribution in [3.63, 3.8) is 0 Å². The van der Waals surface area contributed by atoms with Crippen LogP contribution in [0.5, 0.6) is 0 Å². The van der Waals surface area contributed by atoms with Crippen LogP contribution in [0.3, 0.4) is 0 Å². The van der Waals surface area contributed by atoms with Crippen LogP contribution >= 0.6 is 0 Å². The summed E-state index contributed by atoms with van der Waals surface area (Å²) in [6, 6.07) is 1.65. The lowest BCUT2D eigenvalue weighted by Crippen LogP contribution is -2.24. The second kappa shape index (κ2) is 6.21. The molecule has 0 aromatic carbocycles. The predicted octanol–water partition coefficient (Wildman–Crippen LogP) is 1.66. The van der Waals surface area contributed by atoms with Crippen molar-refractivity contribution in [3.8, 4) is 0 Å². The monoisotopic (exact) mass is 267 g/mol. The van der Waals surface area contributed by atoms with Crippen molar-refractivity contribution in [3.05, 3.63) is 23.7 Å². The van der Waals surface area contributed by atoms with E-state index in [2.05, 4.69) is 4.90 Å². The number of carbonyl (C=O) groups is 1. The lowest BCUT2D eigenvalue weighted by molar-refractivity contribution is 0.0522. The van der Waals surface area contributed by atoms with E-state index in [1.54, 1.807) is 13.0 Å². The minimum Gasteiger partial charge on any atom is -0.467 e. The van der Waals surface area contributed by atoms with Gasteiger partial charge in [-0.3, -0.25) is 4.90 Å². The lowest BCUT2D eigenvalue weighted by atomic mass is 10.0. The van der Waals surface area contributed by atoms with Crippen molar-refractivity contribution in [2.45, 2.75) is 32.9 Å². The van der Waals surface area contributed by atoms with Crippen molar-refractivity contribution >= 4 is 5.97 Å². The van der Waals surface area contributed by atoms with E-state index in [4.69, 9.17) is 9.15 Å². The third kappa shape index (κ3) is 3.36. The van der Waals surface area contributed by atoms with E-state index in [1.807, 2.05) is 6.92 Å². The summed E-state index contributed by atoms with van der Waals surface area (Å²) in [7, 11) is 0. The Bertz CT molecular complexity index is 427. The fraction of sp³-hybridized carbons (Fsp3) is 0.643. The molecular weight excluding hydrogens is 246 g/mol. The summed E-state index contributed by atoms with van der Waals surface area (Å²) in [5.41, 5.74) is 0.502. The number of likely N-dealkylation sites (tertiary alicyclic amines) is 1. The van der Waals surface area contributed by atoms with Gasteiger partial charge in [0.05, 0.1) is 25.5 Å². The molecule has 2 unspecified atom stereocenters. The Morgan fingerprint density at radius 3 is 3.11 bits per heavy atom. The first-order chi connectivity index (χ1) is 9.11. The van der Waals surface area contributed by atoms with E-state index in [1.165, 1.54) is 6.26 Å². The summed E-state index contributed by atoms with van der Waals surface area (Å²) in [5.74, 6) is 0.614. The summed E-state index contributed by atoms with van der Waals surface area (Å²) in [6.07, 6.45) is 2.21. The molecule has 1 aromatic heterocycles. The molecule has 1 fully saturated rings. The number of hydrogen-bond donors (Lipinski definition) is 1. The highest BCUT2D eigenvalue weighted by molar-refractivity contribution is 5.90. The van der Waals surface area contributed by atoms with Gasteiger partial charge < -0.3 is 14.3 Å². The third-order valence-corrected chi connectivity index (χ3v) is 3.60. The van der Waals surface area contributed by atoms with Crippen LogP contribution in [0, 0.1) is 5.92 Å². The van der Waals surface area contributed by atoms with Crippen LogP contribution in [0.15, 0.2) is 16.7 Å². The average Bonchev–Trinajstić information content (AvgIpc) is 2.99. The normalized spacial score (nSPS) is 21.5. The molecule has 2 atom stereocenters. The number of ether oxygens (including phenoxy) is 1. The Morgan fingerprint density at radius 1 is 1.68 bits per heavy atom. The molecule has 0 saturated carbocycles. The number of rotatable bonds is 5. The highest BCUT2D eigenvalue weighted by atomic mass is 16.5. The quantitative estimate of drug-likeness (QED) is 0.822. The number of hydrogen-bond acceptors (Lipinski definition) is 5. The van der Waals surface area contributed by atoms with Gasteiger partial charge in [-0.25, -0.2) is 4.79 Å². The minimum atomic E-state index is -0.336. The van der Waals surface area contributed by atoms with Gasteiger partial charge in [0, 0.05) is 6.54 Å². The fourth-order valence-corrected chi connectivity index (χ4v) is 2.46. The largest absolute Gasteiger partial charge is 0.467 e. The first-order valence-corrected chi connectivity index (χ1v) is 6.75. The van der Waals surface area contributed by atoms with E-state index in [0.717, 1.165) is 19.5 Å². The smallest absolute Gasteiger partial charge is 0.341 e. The number of carbonyl (C=O) groups excluding carboxylic acids is 1. The van der Waals surface area contributed by atoms with Crippen molar-refractivity contribution in [1.82, 2.24) is 4.90 Å². The third-order valence-electron chi connectivity index (χ3n) is 3.60. The van der Waals surface area contributed by atoms with Gasteiger partial charge in [0.2, 0.25) is 0 Å². The predicted molar refractivity (Wildman–Crippen MR) is 69.7 cm³/mol. The maximum atomic E-state index is 11.7. The van der Waals surface area contributed by atoms with E-state index < -0.39 is 0 Å². The van der Waals surface area contributed by atoms with Crippen molar-refractivity contribution in [1.29, 1.82) is 0 Å². The van der Waals surface area contributed by atoms with Gasteiger partial charge in [-0.1, -0.05) is 0 Å². The number of aliphatic hydroxyl groups is 1. The molecule has 0 bridgehead atoms. The van der Waals surface area contributed by atoms with Crippen LogP contribution in [0.2, 0.25) is 0 Å². The number of aliphatic hydroxyl groups excluding tert-OH is 1. The summed E-state index contributed by atoms with van der Waals surface area (Å²) in [5, 5.41) is 9.58. The lowest BCUT2D eigenvalue weighted by Gasteiger charge is -2.16. The summed E-state index contributed by atoms with van der Waals surface area (Å²) in [4.78, 5) is 13.9. The molecule has 5 heteroatoms.